The molecule has 12 nitrogen and oxygen atoms in total. The Morgan fingerprint density at radius 3 is 2.68 bits per heavy atom. The van der Waals surface area contributed by atoms with E-state index in [1.807, 2.05) is 0 Å². The van der Waals surface area contributed by atoms with E-state index in [9.17, 15) is 33.4 Å². The van der Waals surface area contributed by atoms with Crippen LogP contribution in [0, 0.1) is 0 Å². The third-order valence-electron chi connectivity index (χ3n) is 4.57. The van der Waals surface area contributed by atoms with Gasteiger partial charge in [0.1, 0.15) is 40.6 Å². The molecule has 1 saturated heterocycles. The third-order valence-corrected chi connectivity index (χ3v) is 5.94. The minimum atomic E-state index is -5.15. The van der Waals surface area contributed by atoms with Crippen molar-refractivity contribution < 1.29 is 47.2 Å². The summed E-state index contributed by atoms with van der Waals surface area (Å²) in [5.74, 6) is 0.596. The number of aliphatic hydroxyl groups excluding tert-OH is 4. The van der Waals surface area contributed by atoms with Gasteiger partial charge in [0.25, 0.3) is 10.4 Å². The summed E-state index contributed by atoms with van der Waals surface area (Å²) in [5.41, 5.74) is 0.0253. The fourth-order valence-electron chi connectivity index (χ4n) is 3.10. The minimum absolute atomic E-state index is 0.0625. The predicted octanol–water partition coefficient (Wildman–Crippen LogP) is -0.958. The van der Waals surface area contributed by atoms with Crippen LogP contribution in [0.5, 0.6) is 5.75 Å². The number of aromatic nitrogens is 1. The molecule has 0 radical (unpaired) electrons. The summed E-state index contributed by atoms with van der Waals surface area (Å²) >= 11 is 0.670. The van der Waals surface area contributed by atoms with Crippen LogP contribution in [0.25, 0.3) is 10.9 Å². The summed E-state index contributed by atoms with van der Waals surface area (Å²) < 4.78 is 47.3. The maximum atomic E-state index is 10.9. The van der Waals surface area contributed by atoms with Gasteiger partial charge >= 0.3 is 0 Å². The van der Waals surface area contributed by atoms with Crippen LogP contribution < -0.4 is 4.74 Å². The lowest BCUT2D eigenvalue weighted by Gasteiger charge is -2.39. The van der Waals surface area contributed by atoms with Gasteiger partial charge in [-0.1, -0.05) is 23.0 Å². The molecule has 2 heterocycles. The summed E-state index contributed by atoms with van der Waals surface area (Å²) in [6.45, 7) is -0.637. The molecule has 5 N–H and O–H groups in total. The third kappa shape index (κ3) is 5.67. The maximum Gasteiger partial charge on any atom is 0.284 e. The van der Waals surface area contributed by atoms with Crippen LogP contribution in [-0.2, 0) is 25.8 Å². The van der Waals surface area contributed by atoms with Gasteiger partial charge in [-0.15, -0.1) is 0 Å². The number of thioether (sulfide) groups is 1. The molecule has 1 aromatic heterocycles. The highest BCUT2D eigenvalue weighted by molar-refractivity contribution is 8.14. The molecule has 0 spiro atoms. The fraction of sp³-hybridized carbons (Fsp3) is 0.471. The molecular weight excluding hydrogens is 456 g/mol. The molecule has 172 valence electrons. The molecule has 1 aromatic carbocycles. The maximum absolute atomic E-state index is 10.9. The first-order chi connectivity index (χ1) is 14.6. The standard InChI is InChI=1S/C17H22N2O10S2/c1-27-11-4-2-3-10-9(11)5-8(18-10)6-13(19-29-31(24,25)26)30-17-16(23)15(22)14(21)12(7-20)28-17/h2-5,12,14-18,20-23H,6-7H2,1H3,(H,24,25,26)/p-1/b19-13+/t12-,14-,15+,16-,17+/m1/s1. The van der Waals surface area contributed by atoms with Crippen molar-refractivity contribution in [3.05, 3.63) is 30.0 Å². The van der Waals surface area contributed by atoms with Crippen molar-refractivity contribution in [1.82, 2.24) is 4.98 Å². The van der Waals surface area contributed by atoms with Gasteiger partial charge in [-0.2, -0.15) is 8.42 Å². The number of fused-ring (bicyclic) bond motifs is 1. The van der Waals surface area contributed by atoms with Crippen molar-refractivity contribution >= 4 is 38.1 Å². The molecule has 14 heteroatoms. The highest BCUT2D eigenvalue weighted by atomic mass is 32.3. The van der Waals surface area contributed by atoms with Gasteiger partial charge in [0.2, 0.25) is 0 Å². The zero-order valence-electron chi connectivity index (χ0n) is 16.1. The Hall–Kier alpha value is -1.91. The molecule has 2 aromatic rings. The Morgan fingerprint density at radius 1 is 1.29 bits per heavy atom. The van der Waals surface area contributed by atoms with E-state index in [-0.39, 0.29) is 11.5 Å². The highest BCUT2D eigenvalue weighted by Crippen LogP contribution is 2.31. The smallest absolute Gasteiger partial charge is 0.284 e. The predicted molar refractivity (Wildman–Crippen MR) is 108 cm³/mol. The number of aliphatic hydroxyl groups is 4. The van der Waals surface area contributed by atoms with E-state index in [1.54, 1.807) is 24.3 Å². The monoisotopic (exact) mass is 477 g/mol. The number of aromatic amines is 1. The lowest BCUT2D eigenvalue weighted by molar-refractivity contribution is -0.205. The van der Waals surface area contributed by atoms with Crippen molar-refractivity contribution in [3.63, 3.8) is 0 Å². The van der Waals surface area contributed by atoms with Crippen molar-refractivity contribution in [2.45, 2.75) is 36.3 Å². The molecule has 0 bridgehead atoms. The Morgan fingerprint density at radius 2 is 2.03 bits per heavy atom. The Kier molecular flexibility index (Phi) is 7.43. The zero-order valence-corrected chi connectivity index (χ0v) is 17.7. The Bertz CT molecular complexity index is 1040. The summed E-state index contributed by atoms with van der Waals surface area (Å²) in [6, 6.07) is 7.04. The lowest BCUT2D eigenvalue weighted by Crippen LogP contribution is -2.57. The van der Waals surface area contributed by atoms with Gasteiger partial charge in [-0.05, 0) is 18.2 Å². The summed E-state index contributed by atoms with van der Waals surface area (Å²) in [7, 11) is -3.64. The molecule has 0 amide bonds. The second-order valence-electron chi connectivity index (χ2n) is 6.68. The van der Waals surface area contributed by atoms with E-state index in [4.69, 9.17) is 9.47 Å². The first-order valence-electron chi connectivity index (χ1n) is 8.96. The average Bonchev–Trinajstić information content (AvgIpc) is 3.14. The largest absolute Gasteiger partial charge is 0.714 e. The van der Waals surface area contributed by atoms with Crippen LogP contribution in [0.4, 0.5) is 0 Å². The molecule has 0 aliphatic carbocycles. The Balaban J connectivity index is 1.87. The van der Waals surface area contributed by atoms with Gasteiger partial charge in [-0.3, -0.25) is 4.28 Å². The van der Waals surface area contributed by atoms with E-state index in [0.29, 0.717) is 23.2 Å². The number of hydrogen-bond acceptors (Lipinski definition) is 12. The molecule has 0 saturated carbocycles. The number of benzene rings is 1. The normalized spacial score (nSPS) is 27.4. The summed E-state index contributed by atoms with van der Waals surface area (Å²) in [5, 5.41) is 43.4. The lowest BCUT2D eigenvalue weighted by atomic mass is 10.0. The van der Waals surface area contributed by atoms with Crippen LogP contribution in [0.15, 0.2) is 29.4 Å². The molecule has 1 aliphatic heterocycles. The SMILES string of the molecule is COc1cccc2[nH]c(C/C(=N\OS(=O)(=O)[O-])S[C@@H]3O[C@H](CO)[C@@H](O)[C@H](O)[C@H]3O)cc12. The summed E-state index contributed by atoms with van der Waals surface area (Å²) in [4.78, 5) is 3.09. The van der Waals surface area contributed by atoms with Crippen molar-refractivity contribution in [2.75, 3.05) is 13.7 Å². The van der Waals surface area contributed by atoms with E-state index >= 15 is 0 Å². The van der Waals surface area contributed by atoms with E-state index < -0.39 is 46.9 Å². The Labute approximate surface area is 181 Å². The number of hydrogen-bond donors (Lipinski definition) is 5. The van der Waals surface area contributed by atoms with Crippen molar-refractivity contribution in [3.8, 4) is 5.75 Å². The van der Waals surface area contributed by atoms with Gasteiger partial charge in [0.15, 0.2) is 0 Å². The second kappa shape index (κ2) is 9.70. The van der Waals surface area contributed by atoms with Crippen LogP contribution in [0.3, 0.4) is 0 Å². The molecule has 3 rings (SSSR count). The number of H-pyrrole nitrogens is 1. The molecule has 31 heavy (non-hydrogen) atoms. The summed E-state index contributed by atoms with van der Waals surface area (Å²) in [6.07, 6.45) is -6.02. The number of methoxy groups -OCH3 is 1. The number of ether oxygens (including phenoxy) is 2. The van der Waals surface area contributed by atoms with Gasteiger partial charge in [0, 0.05) is 23.0 Å². The van der Waals surface area contributed by atoms with E-state index in [2.05, 4.69) is 14.4 Å². The van der Waals surface area contributed by atoms with E-state index in [0.717, 1.165) is 10.9 Å². The quantitative estimate of drug-likeness (QED) is 0.108. The number of nitrogens with one attached hydrogen (secondary N) is 1. The topological polar surface area (TPSA) is 194 Å². The minimum Gasteiger partial charge on any atom is -0.714 e. The zero-order chi connectivity index (χ0) is 22.8. The number of oxime groups is 1. The van der Waals surface area contributed by atoms with E-state index in [1.165, 1.54) is 7.11 Å². The number of nitrogens with zero attached hydrogens (tertiary/aromatic N) is 1. The first-order valence-corrected chi connectivity index (χ1v) is 11.2. The van der Waals surface area contributed by atoms with Crippen molar-refractivity contribution in [1.29, 1.82) is 0 Å². The molecule has 1 aliphatic rings. The van der Waals surface area contributed by atoms with Crippen LogP contribution >= 0.6 is 11.8 Å². The highest BCUT2D eigenvalue weighted by Gasteiger charge is 2.44. The molecule has 1 fully saturated rings. The van der Waals surface area contributed by atoms with Crippen LogP contribution in [0.2, 0.25) is 0 Å². The molecule has 0 unspecified atom stereocenters. The van der Waals surface area contributed by atoms with Crippen LogP contribution in [0.1, 0.15) is 5.69 Å². The fourth-order valence-corrected chi connectivity index (χ4v) is 4.42. The van der Waals surface area contributed by atoms with Gasteiger partial charge in [0.05, 0.1) is 13.7 Å². The molecule has 5 atom stereocenters. The average molecular weight is 477 g/mol. The molecular formula is C17H21N2O10S2-. The van der Waals surface area contributed by atoms with Gasteiger partial charge in [-0.25, -0.2) is 0 Å². The first kappa shape index (κ1) is 23.7. The van der Waals surface area contributed by atoms with Crippen LogP contribution in [-0.4, -0.2) is 87.0 Å². The van der Waals surface area contributed by atoms with Crippen molar-refractivity contribution in [2.24, 2.45) is 5.16 Å². The van der Waals surface area contributed by atoms with Gasteiger partial charge < -0.3 is 39.4 Å². The second-order valence-corrected chi connectivity index (χ2v) is 8.81. The number of rotatable bonds is 7.